The molecule has 0 aliphatic rings. The van der Waals surface area contributed by atoms with Crippen molar-refractivity contribution in [1.82, 2.24) is 0 Å². The van der Waals surface area contributed by atoms with E-state index in [0.29, 0.717) is 6.61 Å². The van der Waals surface area contributed by atoms with Crippen LogP contribution in [0.5, 0.6) is 5.75 Å². The smallest absolute Gasteiger partial charge is 0.144 e. The number of nitrogens with two attached hydrogens (primary N) is 1. The summed E-state index contributed by atoms with van der Waals surface area (Å²) < 4.78 is 6.60. The molecular weight excluding hydrogens is 296 g/mol. The van der Waals surface area contributed by atoms with E-state index < -0.39 is 0 Å². The number of halogens is 1. The lowest BCUT2D eigenvalue weighted by atomic mass is 9.87. The number of benzene rings is 1. The fraction of sp³-hybridized carbons (Fsp3) is 0.462. The van der Waals surface area contributed by atoms with Gasteiger partial charge in [-0.25, -0.2) is 0 Å². The first kappa shape index (κ1) is 14.8. The minimum Gasteiger partial charge on any atom is -0.492 e. The molecule has 0 aromatic heterocycles. The minimum absolute atomic E-state index is 0.253. The Kier molecular flexibility index (Phi) is 5.47. The van der Waals surface area contributed by atoms with Crippen LogP contribution in [-0.4, -0.2) is 17.6 Å². The summed E-state index contributed by atoms with van der Waals surface area (Å²) in [5.74, 6) is 1.09. The van der Waals surface area contributed by atoms with E-state index in [4.69, 9.17) is 15.7 Å². The number of ether oxygens (including phenoxy) is 1. The molecule has 3 N–H and O–H groups in total. The monoisotopic (exact) mass is 314 g/mol. The van der Waals surface area contributed by atoms with Crippen LogP contribution in [0.4, 0.5) is 0 Å². The second kappa shape index (κ2) is 6.64. The highest BCUT2D eigenvalue weighted by atomic mass is 79.9. The Morgan fingerprint density at radius 2 is 2.11 bits per heavy atom. The first-order valence-corrected chi connectivity index (χ1v) is 6.62. The summed E-state index contributed by atoms with van der Waals surface area (Å²) in [7, 11) is 0. The molecule has 0 fully saturated rings. The summed E-state index contributed by atoms with van der Waals surface area (Å²) in [6.45, 7) is 4.49. The molecule has 4 nitrogen and oxygen atoms in total. The first-order chi connectivity index (χ1) is 8.47. The molecule has 1 aromatic carbocycles. The van der Waals surface area contributed by atoms with E-state index >= 15 is 0 Å². The zero-order chi connectivity index (χ0) is 13.6. The lowest BCUT2D eigenvalue weighted by molar-refractivity contribution is 0.276. The average Bonchev–Trinajstić information content (AvgIpc) is 2.35. The maximum atomic E-state index is 8.67. The third kappa shape index (κ3) is 4.22. The van der Waals surface area contributed by atoms with E-state index in [0.717, 1.165) is 23.1 Å². The Bertz CT molecular complexity index is 419. The maximum Gasteiger partial charge on any atom is 0.144 e. The van der Waals surface area contributed by atoms with E-state index in [1.807, 2.05) is 38.1 Å². The Morgan fingerprint density at radius 1 is 1.44 bits per heavy atom. The Morgan fingerprint density at radius 3 is 2.72 bits per heavy atom. The zero-order valence-corrected chi connectivity index (χ0v) is 12.3. The number of para-hydroxylation sites is 1. The second-order valence-corrected chi connectivity index (χ2v) is 5.61. The van der Waals surface area contributed by atoms with Crippen molar-refractivity contribution in [3.8, 4) is 5.75 Å². The summed E-state index contributed by atoms with van der Waals surface area (Å²) in [6.07, 6.45) is 1.64. The largest absolute Gasteiger partial charge is 0.492 e. The fourth-order valence-corrected chi connectivity index (χ4v) is 1.92. The molecule has 0 unspecified atom stereocenters. The van der Waals surface area contributed by atoms with Crippen LogP contribution in [0, 0.1) is 5.41 Å². The molecule has 1 aromatic rings. The van der Waals surface area contributed by atoms with Crippen LogP contribution in [0.3, 0.4) is 0 Å². The molecule has 5 heteroatoms. The van der Waals surface area contributed by atoms with Crippen LogP contribution in [0.1, 0.15) is 26.7 Å². The molecule has 18 heavy (non-hydrogen) atoms. The van der Waals surface area contributed by atoms with Crippen molar-refractivity contribution < 1.29 is 9.94 Å². The third-order valence-electron chi connectivity index (χ3n) is 2.84. The van der Waals surface area contributed by atoms with Gasteiger partial charge in [-0.3, -0.25) is 0 Å². The van der Waals surface area contributed by atoms with Crippen molar-refractivity contribution in [3.63, 3.8) is 0 Å². The number of amidine groups is 1. The van der Waals surface area contributed by atoms with Gasteiger partial charge in [0.2, 0.25) is 0 Å². The zero-order valence-electron chi connectivity index (χ0n) is 10.7. The SMILES string of the molecule is CC(C)(CCCOc1ccccc1Br)C(N)=NO. The predicted octanol–water partition coefficient (Wildman–Crippen LogP) is 3.38. The van der Waals surface area contributed by atoms with Crippen molar-refractivity contribution in [3.05, 3.63) is 28.7 Å². The van der Waals surface area contributed by atoms with Gasteiger partial charge in [0.25, 0.3) is 0 Å². The van der Waals surface area contributed by atoms with Crippen LogP contribution in [0.15, 0.2) is 33.9 Å². The molecular formula is C13H19BrN2O2. The molecule has 0 heterocycles. The molecule has 0 atom stereocenters. The van der Waals surface area contributed by atoms with E-state index in [1.165, 1.54) is 0 Å². The number of rotatable bonds is 6. The van der Waals surface area contributed by atoms with Gasteiger partial charge in [-0.1, -0.05) is 31.1 Å². The average molecular weight is 315 g/mol. The minimum atomic E-state index is -0.313. The van der Waals surface area contributed by atoms with Crippen LogP contribution >= 0.6 is 15.9 Å². The number of oxime groups is 1. The molecule has 0 bridgehead atoms. The first-order valence-electron chi connectivity index (χ1n) is 5.82. The predicted molar refractivity (Wildman–Crippen MR) is 76.1 cm³/mol. The summed E-state index contributed by atoms with van der Waals surface area (Å²) in [5.41, 5.74) is 5.31. The standard InChI is InChI=1S/C13H19BrN2O2/c1-13(2,12(15)16-17)8-5-9-18-11-7-4-3-6-10(11)14/h3-4,6-7,17H,5,8-9H2,1-2H3,(H2,15,16). The third-order valence-corrected chi connectivity index (χ3v) is 3.50. The van der Waals surface area contributed by atoms with Crippen molar-refractivity contribution >= 4 is 21.8 Å². The summed E-state index contributed by atoms with van der Waals surface area (Å²) in [6, 6.07) is 7.73. The van der Waals surface area contributed by atoms with Crippen molar-refractivity contribution in [2.75, 3.05) is 6.61 Å². The van der Waals surface area contributed by atoms with Crippen LogP contribution in [0.25, 0.3) is 0 Å². The highest BCUT2D eigenvalue weighted by molar-refractivity contribution is 9.10. The highest BCUT2D eigenvalue weighted by Crippen LogP contribution is 2.25. The molecule has 100 valence electrons. The van der Waals surface area contributed by atoms with Gasteiger partial charge in [-0.2, -0.15) is 0 Å². The van der Waals surface area contributed by atoms with Gasteiger partial charge in [-0.05, 0) is 40.9 Å². The van der Waals surface area contributed by atoms with E-state index in [2.05, 4.69) is 21.1 Å². The molecule has 1 rings (SSSR count). The van der Waals surface area contributed by atoms with Crippen molar-refractivity contribution in [2.24, 2.45) is 16.3 Å². The molecule has 0 saturated heterocycles. The Hall–Kier alpha value is -1.23. The van der Waals surface area contributed by atoms with E-state index in [-0.39, 0.29) is 11.3 Å². The van der Waals surface area contributed by atoms with Gasteiger partial charge >= 0.3 is 0 Å². The molecule has 0 aliphatic carbocycles. The van der Waals surface area contributed by atoms with Crippen molar-refractivity contribution in [1.29, 1.82) is 0 Å². The lowest BCUT2D eigenvalue weighted by Gasteiger charge is -2.22. The van der Waals surface area contributed by atoms with Gasteiger partial charge in [0.1, 0.15) is 11.6 Å². The maximum absolute atomic E-state index is 8.67. The molecule has 0 saturated carbocycles. The fourth-order valence-electron chi connectivity index (χ4n) is 1.52. The molecule has 0 amide bonds. The van der Waals surface area contributed by atoms with Gasteiger partial charge in [0.15, 0.2) is 0 Å². The quantitative estimate of drug-likeness (QED) is 0.278. The molecule has 0 spiro atoms. The van der Waals surface area contributed by atoms with E-state index in [9.17, 15) is 0 Å². The van der Waals surface area contributed by atoms with E-state index in [1.54, 1.807) is 0 Å². The van der Waals surface area contributed by atoms with Crippen LogP contribution in [-0.2, 0) is 0 Å². The van der Waals surface area contributed by atoms with Crippen LogP contribution < -0.4 is 10.5 Å². The second-order valence-electron chi connectivity index (χ2n) is 4.75. The summed E-state index contributed by atoms with van der Waals surface area (Å²) in [5, 5.41) is 11.7. The summed E-state index contributed by atoms with van der Waals surface area (Å²) >= 11 is 3.43. The van der Waals surface area contributed by atoms with Gasteiger partial charge < -0.3 is 15.7 Å². The van der Waals surface area contributed by atoms with Gasteiger partial charge in [0, 0.05) is 5.41 Å². The molecule has 0 radical (unpaired) electrons. The Balaban J connectivity index is 2.38. The Labute approximate surface area is 116 Å². The normalized spacial score (nSPS) is 12.5. The van der Waals surface area contributed by atoms with Crippen LogP contribution in [0.2, 0.25) is 0 Å². The summed E-state index contributed by atoms with van der Waals surface area (Å²) in [4.78, 5) is 0. The number of hydrogen-bond acceptors (Lipinski definition) is 3. The van der Waals surface area contributed by atoms with Crippen molar-refractivity contribution in [2.45, 2.75) is 26.7 Å². The topological polar surface area (TPSA) is 67.8 Å². The lowest BCUT2D eigenvalue weighted by Crippen LogP contribution is -2.32. The number of nitrogens with zero attached hydrogens (tertiary/aromatic N) is 1. The molecule has 0 aliphatic heterocycles. The number of hydrogen-bond donors (Lipinski definition) is 2. The highest BCUT2D eigenvalue weighted by Gasteiger charge is 2.22. The van der Waals surface area contributed by atoms with Gasteiger partial charge in [-0.15, -0.1) is 0 Å². The van der Waals surface area contributed by atoms with Gasteiger partial charge in [0.05, 0.1) is 11.1 Å².